The van der Waals surface area contributed by atoms with E-state index in [2.05, 4.69) is 15.3 Å². The van der Waals surface area contributed by atoms with E-state index in [1.807, 2.05) is 38.1 Å². The van der Waals surface area contributed by atoms with Gasteiger partial charge in [-0.05, 0) is 18.1 Å². The van der Waals surface area contributed by atoms with Crippen LogP contribution in [0.2, 0.25) is 0 Å². The average Bonchev–Trinajstić information content (AvgIpc) is 2.35. The zero-order valence-electron chi connectivity index (χ0n) is 10.6. The molecule has 0 aliphatic carbocycles. The van der Waals surface area contributed by atoms with Gasteiger partial charge in [-0.2, -0.15) is 0 Å². The molecule has 1 unspecified atom stereocenters. The Labute approximate surface area is 106 Å². The van der Waals surface area contributed by atoms with Crippen molar-refractivity contribution in [3.8, 4) is 0 Å². The molecular weight excluding hydrogens is 228 g/mol. The summed E-state index contributed by atoms with van der Waals surface area (Å²) in [6, 6.07) is 7.54. The number of nitrogens with zero attached hydrogens (tertiary/aromatic N) is 2. The number of hydrogen-bond acceptors (Lipinski definition) is 5. The monoisotopic (exact) mass is 246 g/mol. The largest absolute Gasteiger partial charge is 0.391 e. The number of aliphatic hydroxyl groups is 1. The van der Waals surface area contributed by atoms with Crippen molar-refractivity contribution in [1.29, 1.82) is 0 Å². The van der Waals surface area contributed by atoms with Crippen LogP contribution in [0.4, 0.5) is 11.6 Å². The van der Waals surface area contributed by atoms with Crippen LogP contribution in [0.5, 0.6) is 0 Å². The van der Waals surface area contributed by atoms with Crippen molar-refractivity contribution in [3.63, 3.8) is 0 Å². The van der Waals surface area contributed by atoms with Crippen LogP contribution >= 0.6 is 0 Å². The molecule has 0 spiro atoms. The number of anilines is 2. The first kappa shape index (κ1) is 12.6. The number of nitrogens with one attached hydrogen (secondary N) is 1. The number of rotatable bonds is 4. The normalized spacial score (nSPS) is 12.9. The van der Waals surface area contributed by atoms with Crippen molar-refractivity contribution >= 4 is 22.7 Å². The summed E-state index contributed by atoms with van der Waals surface area (Å²) in [7, 11) is 0. The summed E-state index contributed by atoms with van der Waals surface area (Å²) in [6.07, 6.45) is -0.433. The SMILES string of the molecule is CC(C)C(O)CNc1nc2ccccc2nc1N. The van der Waals surface area contributed by atoms with E-state index >= 15 is 0 Å². The molecule has 0 amide bonds. The summed E-state index contributed by atoms with van der Waals surface area (Å²) in [6.45, 7) is 4.33. The van der Waals surface area contributed by atoms with Crippen molar-refractivity contribution in [3.05, 3.63) is 24.3 Å². The van der Waals surface area contributed by atoms with E-state index < -0.39 is 6.10 Å². The van der Waals surface area contributed by atoms with Gasteiger partial charge in [-0.25, -0.2) is 9.97 Å². The number of fused-ring (bicyclic) bond motifs is 1. The van der Waals surface area contributed by atoms with Crippen LogP contribution in [-0.2, 0) is 0 Å². The third kappa shape index (κ3) is 2.68. The number of para-hydroxylation sites is 2. The second kappa shape index (κ2) is 5.18. The molecule has 96 valence electrons. The Kier molecular flexibility index (Phi) is 3.62. The zero-order valence-corrected chi connectivity index (χ0v) is 10.6. The van der Waals surface area contributed by atoms with E-state index in [0.717, 1.165) is 11.0 Å². The van der Waals surface area contributed by atoms with Crippen LogP contribution in [0.1, 0.15) is 13.8 Å². The first-order valence-electron chi connectivity index (χ1n) is 6.02. The first-order chi connectivity index (χ1) is 8.58. The predicted molar refractivity (Wildman–Crippen MR) is 73.3 cm³/mol. The standard InChI is InChI=1S/C13H18N4O/c1-8(2)11(18)7-15-13-12(14)16-9-5-3-4-6-10(9)17-13/h3-6,8,11,18H,7H2,1-2H3,(H2,14,16)(H,15,17). The third-order valence-electron chi connectivity index (χ3n) is 2.85. The van der Waals surface area contributed by atoms with Gasteiger partial charge in [0.2, 0.25) is 0 Å². The quantitative estimate of drug-likeness (QED) is 0.763. The molecule has 5 heteroatoms. The number of nitrogen functional groups attached to an aromatic ring is 1. The molecule has 2 rings (SSSR count). The van der Waals surface area contributed by atoms with Gasteiger partial charge in [-0.1, -0.05) is 26.0 Å². The highest BCUT2D eigenvalue weighted by atomic mass is 16.3. The number of nitrogens with two attached hydrogens (primary N) is 1. The van der Waals surface area contributed by atoms with Crippen LogP contribution < -0.4 is 11.1 Å². The Morgan fingerprint density at radius 1 is 1.22 bits per heavy atom. The highest BCUT2D eigenvalue weighted by Crippen LogP contribution is 2.18. The van der Waals surface area contributed by atoms with Gasteiger partial charge in [0, 0.05) is 6.54 Å². The Bertz CT molecular complexity index is 542. The van der Waals surface area contributed by atoms with E-state index in [0.29, 0.717) is 18.2 Å². The Morgan fingerprint density at radius 2 is 1.83 bits per heavy atom. The lowest BCUT2D eigenvalue weighted by atomic mass is 10.1. The Hall–Kier alpha value is -1.88. The molecule has 0 aliphatic heterocycles. The Morgan fingerprint density at radius 3 is 2.44 bits per heavy atom. The molecular formula is C13H18N4O. The molecule has 5 nitrogen and oxygen atoms in total. The molecule has 2 aromatic rings. The fraction of sp³-hybridized carbons (Fsp3) is 0.385. The number of hydrogen-bond donors (Lipinski definition) is 3. The van der Waals surface area contributed by atoms with Crippen molar-refractivity contribution < 1.29 is 5.11 Å². The van der Waals surface area contributed by atoms with Gasteiger partial charge in [-0.15, -0.1) is 0 Å². The maximum atomic E-state index is 9.74. The fourth-order valence-corrected chi connectivity index (χ4v) is 1.58. The van der Waals surface area contributed by atoms with Gasteiger partial charge in [0.1, 0.15) is 0 Å². The molecule has 1 atom stereocenters. The topological polar surface area (TPSA) is 84.1 Å². The Balaban J connectivity index is 2.20. The lowest BCUT2D eigenvalue weighted by molar-refractivity contribution is 0.138. The van der Waals surface area contributed by atoms with Crippen LogP contribution in [-0.4, -0.2) is 27.7 Å². The van der Waals surface area contributed by atoms with Crippen LogP contribution in [0.15, 0.2) is 24.3 Å². The zero-order chi connectivity index (χ0) is 13.1. The van der Waals surface area contributed by atoms with E-state index in [1.165, 1.54) is 0 Å². The molecule has 18 heavy (non-hydrogen) atoms. The van der Waals surface area contributed by atoms with E-state index in [9.17, 15) is 5.11 Å². The smallest absolute Gasteiger partial charge is 0.169 e. The van der Waals surface area contributed by atoms with Gasteiger partial charge < -0.3 is 16.2 Å². The molecule has 0 fully saturated rings. The lowest BCUT2D eigenvalue weighted by Gasteiger charge is -2.16. The molecule has 0 saturated carbocycles. The summed E-state index contributed by atoms with van der Waals surface area (Å²) in [5.41, 5.74) is 7.39. The molecule has 0 aliphatic rings. The van der Waals surface area contributed by atoms with Crippen molar-refractivity contribution in [2.24, 2.45) is 5.92 Å². The summed E-state index contributed by atoms with van der Waals surface area (Å²) in [4.78, 5) is 8.67. The minimum absolute atomic E-state index is 0.187. The molecule has 0 radical (unpaired) electrons. The molecule has 1 aromatic heterocycles. The van der Waals surface area contributed by atoms with E-state index in [1.54, 1.807) is 0 Å². The van der Waals surface area contributed by atoms with Crippen molar-refractivity contribution in [2.75, 3.05) is 17.6 Å². The number of aliphatic hydroxyl groups excluding tert-OH is 1. The predicted octanol–water partition coefficient (Wildman–Crippen LogP) is 1.64. The fourth-order valence-electron chi connectivity index (χ4n) is 1.58. The van der Waals surface area contributed by atoms with Crippen molar-refractivity contribution in [2.45, 2.75) is 20.0 Å². The molecule has 0 saturated heterocycles. The van der Waals surface area contributed by atoms with Gasteiger partial charge in [0.25, 0.3) is 0 Å². The summed E-state index contributed by atoms with van der Waals surface area (Å²) in [5.74, 6) is 1.06. The van der Waals surface area contributed by atoms with Gasteiger partial charge >= 0.3 is 0 Å². The van der Waals surface area contributed by atoms with Crippen LogP contribution in [0.25, 0.3) is 11.0 Å². The minimum atomic E-state index is -0.433. The van der Waals surface area contributed by atoms with E-state index in [4.69, 9.17) is 5.73 Å². The third-order valence-corrected chi connectivity index (χ3v) is 2.85. The van der Waals surface area contributed by atoms with Gasteiger partial charge in [0.15, 0.2) is 11.6 Å². The van der Waals surface area contributed by atoms with Crippen LogP contribution in [0, 0.1) is 5.92 Å². The maximum absolute atomic E-state index is 9.74. The van der Waals surface area contributed by atoms with Crippen molar-refractivity contribution in [1.82, 2.24) is 9.97 Å². The first-order valence-corrected chi connectivity index (χ1v) is 6.02. The number of aromatic nitrogens is 2. The highest BCUT2D eigenvalue weighted by Gasteiger charge is 2.11. The van der Waals surface area contributed by atoms with E-state index in [-0.39, 0.29) is 5.92 Å². The second-order valence-corrected chi connectivity index (χ2v) is 4.64. The lowest BCUT2D eigenvalue weighted by Crippen LogP contribution is -2.25. The van der Waals surface area contributed by atoms with Gasteiger partial charge in [-0.3, -0.25) is 0 Å². The minimum Gasteiger partial charge on any atom is -0.391 e. The molecule has 4 N–H and O–H groups in total. The van der Waals surface area contributed by atoms with Crippen LogP contribution in [0.3, 0.4) is 0 Å². The number of benzene rings is 1. The summed E-state index contributed by atoms with van der Waals surface area (Å²) < 4.78 is 0. The molecule has 1 aromatic carbocycles. The molecule has 0 bridgehead atoms. The maximum Gasteiger partial charge on any atom is 0.169 e. The summed E-state index contributed by atoms with van der Waals surface area (Å²) >= 11 is 0. The average molecular weight is 246 g/mol. The highest BCUT2D eigenvalue weighted by molar-refractivity contribution is 5.79. The second-order valence-electron chi connectivity index (χ2n) is 4.64. The van der Waals surface area contributed by atoms with Gasteiger partial charge in [0.05, 0.1) is 17.1 Å². The molecule has 1 heterocycles. The summed E-state index contributed by atoms with van der Waals surface area (Å²) in [5, 5.41) is 12.8.